The summed E-state index contributed by atoms with van der Waals surface area (Å²) in [4.78, 5) is 0. The number of rotatable bonds is 1. The van der Waals surface area contributed by atoms with Gasteiger partial charge in [0.1, 0.15) is 0 Å². The normalized spacial score (nSPS) is 31.4. The Morgan fingerprint density at radius 3 is 2.94 bits per heavy atom. The van der Waals surface area contributed by atoms with Crippen molar-refractivity contribution in [2.75, 3.05) is 13.0 Å². The molecule has 1 heterocycles. The van der Waals surface area contributed by atoms with Gasteiger partial charge in [-0.2, -0.15) is 12.7 Å². The van der Waals surface area contributed by atoms with Gasteiger partial charge in [-0.05, 0) is 35.6 Å². The van der Waals surface area contributed by atoms with Crippen LogP contribution in [0.4, 0.5) is 0 Å². The molecule has 0 radical (unpaired) electrons. The van der Waals surface area contributed by atoms with E-state index in [4.69, 9.17) is 17.1 Å². The van der Waals surface area contributed by atoms with Gasteiger partial charge in [0, 0.05) is 23.5 Å². The Bertz CT molecular complexity index is 680. The van der Waals surface area contributed by atoms with Crippen molar-refractivity contribution >= 4 is 21.9 Å². The molecule has 0 fully saturated rings. The molecule has 6 heteroatoms. The van der Waals surface area contributed by atoms with Gasteiger partial charge in [0.25, 0.3) is 0 Å². The standard InChI is InChI=1S/C11H14ClNO3S/c1-8-7-13(17(14,15)16)5-4-9-2-3-10(12)6-11(8)9/h2-3,6,8H,4-5,7H2,1H3,(H,14,15,16)/t8-/m0/s1/i4D2,5D2. The fraction of sp³-hybridized carbons (Fsp3) is 0.455. The average Bonchev–Trinajstić information content (AvgIpc) is 2.37. The third-order valence-corrected chi connectivity index (χ3v) is 3.61. The highest BCUT2D eigenvalue weighted by atomic mass is 35.5. The van der Waals surface area contributed by atoms with Crippen molar-refractivity contribution in [2.24, 2.45) is 0 Å². The Kier molecular flexibility index (Phi) is 2.28. The summed E-state index contributed by atoms with van der Waals surface area (Å²) in [7, 11) is -4.90. The Hall–Kier alpha value is -0.620. The van der Waals surface area contributed by atoms with Crippen molar-refractivity contribution in [2.45, 2.75) is 19.2 Å². The minimum absolute atomic E-state index is 0.0237. The van der Waals surface area contributed by atoms with Gasteiger partial charge in [-0.25, -0.2) is 0 Å². The molecule has 0 unspecified atom stereocenters. The molecule has 1 aromatic carbocycles. The van der Waals surface area contributed by atoms with Crippen LogP contribution < -0.4 is 0 Å². The third-order valence-electron chi connectivity index (χ3n) is 2.58. The van der Waals surface area contributed by atoms with Gasteiger partial charge in [-0.15, -0.1) is 0 Å². The largest absolute Gasteiger partial charge is 0.335 e. The fourth-order valence-electron chi connectivity index (χ4n) is 1.72. The lowest BCUT2D eigenvalue weighted by atomic mass is 9.96. The van der Waals surface area contributed by atoms with Crippen LogP contribution in [0.25, 0.3) is 0 Å². The molecule has 1 N–H and O–H groups in total. The van der Waals surface area contributed by atoms with Crippen molar-refractivity contribution in [1.82, 2.24) is 4.31 Å². The smallest absolute Gasteiger partial charge is 0.273 e. The lowest BCUT2D eigenvalue weighted by molar-refractivity contribution is 0.348. The number of aryl methyl sites for hydroxylation is 1. The van der Waals surface area contributed by atoms with Crippen LogP contribution in [0.15, 0.2) is 18.2 Å². The number of halogens is 1. The summed E-state index contributed by atoms with van der Waals surface area (Å²) in [6.45, 7) is -1.71. The van der Waals surface area contributed by atoms with Crippen LogP contribution in [0.5, 0.6) is 0 Å². The summed E-state index contributed by atoms with van der Waals surface area (Å²) < 4.78 is 64.2. The average molecular weight is 280 g/mol. The molecular weight excluding hydrogens is 262 g/mol. The van der Waals surface area contributed by atoms with Crippen LogP contribution in [-0.4, -0.2) is 30.3 Å². The maximum Gasteiger partial charge on any atom is 0.335 e. The van der Waals surface area contributed by atoms with Crippen LogP contribution in [0.1, 0.15) is 29.5 Å². The second kappa shape index (κ2) is 4.57. The number of nitrogens with zero attached hydrogens (tertiary/aromatic N) is 1. The minimum Gasteiger partial charge on any atom is -0.273 e. The second-order valence-electron chi connectivity index (χ2n) is 3.88. The monoisotopic (exact) mass is 279 g/mol. The van der Waals surface area contributed by atoms with Gasteiger partial charge in [0.15, 0.2) is 0 Å². The third kappa shape index (κ3) is 2.80. The lowest BCUT2D eigenvalue weighted by Gasteiger charge is -2.18. The van der Waals surface area contributed by atoms with Crippen molar-refractivity contribution < 1.29 is 18.5 Å². The first-order valence-electron chi connectivity index (χ1n) is 6.94. The molecule has 0 aliphatic carbocycles. The first kappa shape index (κ1) is 8.48. The predicted molar refractivity (Wildman–Crippen MR) is 66.7 cm³/mol. The molecule has 4 nitrogen and oxygen atoms in total. The summed E-state index contributed by atoms with van der Waals surface area (Å²) in [5.74, 6) is -0.534. The molecule has 2 rings (SSSR count). The molecule has 17 heavy (non-hydrogen) atoms. The van der Waals surface area contributed by atoms with Gasteiger partial charge in [0.05, 0.1) is 0 Å². The molecule has 0 saturated carbocycles. The van der Waals surface area contributed by atoms with Crippen molar-refractivity contribution in [1.29, 1.82) is 0 Å². The van der Waals surface area contributed by atoms with E-state index in [0.29, 0.717) is 10.6 Å². The fourth-order valence-corrected chi connectivity index (χ4v) is 2.48. The summed E-state index contributed by atoms with van der Waals surface area (Å²) in [6.07, 6.45) is -2.65. The van der Waals surface area contributed by atoms with Gasteiger partial charge in [-0.1, -0.05) is 24.6 Å². The van der Waals surface area contributed by atoms with E-state index in [9.17, 15) is 13.0 Å². The van der Waals surface area contributed by atoms with Crippen LogP contribution >= 0.6 is 11.6 Å². The van der Waals surface area contributed by atoms with Gasteiger partial charge >= 0.3 is 10.3 Å². The van der Waals surface area contributed by atoms with Crippen LogP contribution in [-0.2, 0) is 16.7 Å². The maximum absolute atomic E-state index is 11.5. The summed E-state index contributed by atoms with van der Waals surface area (Å²) in [5.41, 5.74) is 0.443. The number of benzene rings is 1. The zero-order valence-corrected chi connectivity index (χ0v) is 10.6. The summed E-state index contributed by atoms with van der Waals surface area (Å²) >= 11 is 5.89. The van der Waals surface area contributed by atoms with E-state index in [1.807, 2.05) is 0 Å². The number of fused-ring (bicyclic) bond motifs is 1. The van der Waals surface area contributed by atoms with Crippen molar-refractivity contribution in [3.8, 4) is 0 Å². The number of hydrogen-bond donors (Lipinski definition) is 1. The molecule has 0 saturated heterocycles. The Morgan fingerprint density at radius 1 is 1.59 bits per heavy atom. The first-order valence-corrected chi connectivity index (χ1v) is 6.71. The molecule has 0 amide bonds. The highest BCUT2D eigenvalue weighted by molar-refractivity contribution is 7.83. The van der Waals surface area contributed by atoms with E-state index < -0.39 is 35.6 Å². The number of hydrogen-bond acceptors (Lipinski definition) is 2. The zero-order valence-electron chi connectivity index (χ0n) is 13.0. The molecule has 94 valence electrons. The van der Waals surface area contributed by atoms with Crippen molar-refractivity contribution in [3.63, 3.8) is 0 Å². The summed E-state index contributed by atoms with van der Waals surface area (Å²) in [5, 5.41) is 0.345. The second-order valence-corrected chi connectivity index (χ2v) is 5.65. The maximum atomic E-state index is 11.5. The van der Waals surface area contributed by atoms with Gasteiger partial charge in [-0.3, -0.25) is 4.55 Å². The highest BCUT2D eigenvalue weighted by Gasteiger charge is 2.26. The van der Waals surface area contributed by atoms with E-state index >= 15 is 0 Å². The molecule has 1 aliphatic rings. The molecule has 0 aromatic heterocycles. The molecule has 1 atom stereocenters. The molecule has 1 aliphatic heterocycles. The highest BCUT2D eigenvalue weighted by Crippen LogP contribution is 2.28. The zero-order chi connectivity index (χ0) is 16.2. The Labute approximate surface area is 112 Å². The molecular formula is C11H14ClNO3S. The van der Waals surface area contributed by atoms with Crippen molar-refractivity contribution in [3.05, 3.63) is 34.3 Å². The molecule has 0 spiro atoms. The predicted octanol–water partition coefficient (Wildman–Crippen LogP) is 2.10. The van der Waals surface area contributed by atoms with E-state index in [1.54, 1.807) is 6.92 Å². The van der Waals surface area contributed by atoms with E-state index in [2.05, 4.69) is 0 Å². The first-order chi connectivity index (χ1) is 9.39. The molecule has 1 aromatic rings. The Morgan fingerprint density at radius 2 is 2.29 bits per heavy atom. The lowest BCUT2D eigenvalue weighted by Crippen LogP contribution is -2.33. The van der Waals surface area contributed by atoms with Gasteiger partial charge in [0.2, 0.25) is 0 Å². The van der Waals surface area contributed by atoms with Crippen LogP contribution in [0, 0.1) is 0 Å². The quantitative estimate of drug-likeness (QED) is 0.801. The topological polar surface area (TPSA) is 57.6 Å². The van der Waals surface area contributed by atoms with Crippen LogP contribution in [0.3, 0.4) is 0 Å². The van der Waals surface area contributed by atoms with Crippen LogP contribution in [0.2, 0.25) is 5.02 Å². The minimum atomic E-state index is -4.90. The van der Waals surface area contributed by atoms with E-state index in [0.717, 1.165) is 0 Å². The Balaban J connectivity index is 2.75. The van der Waals surface area contributed by atoms with E-state index in [-0.39, 0.29) is 9.87 Å². The molecule has 0 bridgehead atoms. The van der Waals surface area contributed by atoms with E-state index in [1.165, 1.54) is 18.2 Å². The summed E-state index contributed by atoms with van der Waals surface area (Å²) in [6, 6.07) is 4.26. The SMILES string of the molecule is [2H]C1([2H])c2ccc(Cl)cc2[C@@H](C)CN(S(=O)(=O)O)C1([2H])[2H]. The van der Waals surface area contributed by atoms with Gasteiger partial charge < -0.3 is 0 Å².